The molecule has 4 rings (SSSR count). The van der Waals surface area contributed by atoms with E-state index in [0.717, 1.165) is 48.8 Å². The number of hydrogen-bond donors (Lipinski definition) is 0. The number of carbonyl (C=O) groups is 1. The number of rotatable bonds is 1. The maximum atomic E-state index is 12.7. The van der Waals surface area contributed by atoms with Crippen molar-refractivity contribution in [3.8, 4) is 5.75 Å². The molecule has 0 amide bonds. The Morgan fingerprint density at radius 2 is 1.73 bits per heavy atom. The molecule has 0 aliphatic carbocycles. The van der Waals surface area contributed by atoms with Crippen molar-refractivity contribution in [1.29, 1.82) is 0 Å². The maximum absolute atomic E-state index is 12.7. The summed E-state index contributed by atoms with van der Waals surface area (Å²) in [5, 5.41) is 0.580. The first-order chi connectivity index (χ1) is 12.3. The predicted octanol–water partition coefficient (Wildman–Crippen LogP) is 4.06. The predicted molar refractivity (Wildman–Crippen MR) is 101 cm³/mol. The summed E-state index contributed by atoms with van der Waals surface area (Å²) in [6.45, 7) is 7.46. The highest BCUT2D eigenvalue weighted by Gasteiger charge is 2.43. The summed E-state index contributed by atoms with van der Waals surface area (Å²) in [5.74, 6) is 1.58. The van der Waals surface area contributed by atoms with E-state index in [2.05, 4.69) is 14.9 Å². The topological polar surface area (TPSA) is 55.3 Å². The van der Waals surface area contributed by atoms with E-state index in [0.29, 0.717) is 22.8 Å². The highest BCUT2D eigenvalue weighted by molar-refractivity contribution is 6.31. The molecule has 1 saturated heterocycles. The first kappa shape index (κ1) is 17.3. The molecule has 2 aliphatic rings. The third kappa shape index (κ3) is 3.05. The summed E-state index contributed by atoms with van der Waals surface area (Å²) in [6.07, 6.45) is 1.95. The number of piperidine rings is 1. The first-order valence-corrected chi connectivity index (χ1v) is 9.33. The van der Waals surface area contributed by atoms with Crippen molar-refractivity contribution < 1.29 is 9.53 Å². The fourth-order valence-electron chi connectivity index (χ4n) is 3.95. The maximum Gasteiger partial charge on any atom is 0.225 e. The van der Waals surface area contributed by atoms with E-state index < -0.39 is 5.60 Å². The van der Waals surface area contributed by atoms with Crippen LogP contribution in [0.25, 0.3) is 0 Å². The molecule has 0 radical (unpaired) electrons. The van der Waals surface area contributed by atoms with E-state index in [1.807, 2.05) is 32.9 Å². The molecule has 6 heteroatoms. The average Bonchev–Trinajstić information content (AvgIpc) is 2.56. The zero-order valence-corrected chi connectivity index (χ0v) is 16.1. The van der Waals surface area contributed by atoms with Crippen molar-refractivity contribution in [2.45, 2.75) is 45.6 Å². The fraction of sp³-hybridized carbons (Fsp3) is 0.450. The number of anilines is 1. The van der Waals surface area contributed by atoms with Gasteiger partial charge >= 0.3 is 0 Å². The lowest BCUT2D eigenvalue weighted by molar-refractivity contribution is 0.0224. The van der Waals surface area contributed by atoms with Crippen molar-refractivity contribution in [2.24, 2.45) is 0 Å². The Balaban J connectivity index is 1.56. The van der Waals surface area contributed by atoms with Crippen LogP contribution in [0.4, 0.5) is 5.95 Å². The van der Waals surface area contributed by atoms with Gasteiger partial charge in [0.15, 0.2) is 5.78 Å². The molecule has 0 atom stereocenters. The van der Waals surface area contributed by atoms with Crippen LogP contribution in [-0.2, 0) is 0 Å². The van der Waals surface area contributed by atoms with Gasteiger partial charge in [-0.05, 0) is 44.5 Å². The monoisotopic (exact) mass is 371 g/mol. The molecule has 1 aromatic carbocycles. The Labute approximate surface area is 158 Å². The van der Waals surface area contributed by atoms with Crippen molar-refractivity contribution in [3.63, 3.8) is 0 Å². The molecular weight excluding hydrogens is 350 g/mol. The lowest BCUT2D eigenvalue weighted by Gasteiger charge is -2.44. The fourth-order valence-corrected chi connectivity index (χ4v) is 4.23. The Morgan fingerprint density at radius 3 is 2.38 bits per heavy atom. The molecule has 0 unspecified atom stereocenters. The van der Waals surface area contributed by atoms with E-state index in [1.54, 1.807) is 6.07 Å². The second-order valence-electron chi connectivity index (χ2n) is 7.42. The number of ether oxygens (including phenoxy) is 1. The number of benzene rings is 1. The van der Waals surface area contributed by atoms with Crippen LogP contribution >= 0.6 is 11.6 Å². The Morgan fingerprint density at radius 1 is 1.08 bits per heavy atom. The SMILES string of the molecule is Cc1cc(C)nc(N2CCC3(CC2)CC(=O)c2cc(Cl)cc(C)c2O3)n1. The van der Waals surface area contributed by atoms with Crippen molar-refractivity contribution >= 4 is 23.3 Å². The van der Waals surface area contributed by atoms with Crippen LogP contribution in [0.5, 0.6) is 5.75 Å². The summed E-state index contributed by atoms with van der Waals surface area (Å²) >= 11 is 6.11. The molecule has 1 aromatic heterocycles. The minimum absolute atomic E-state index is 0.118. The van der Waals surface area contributed by atoms with Crippen molar-refractivity contribution in [1.82, 2.24) is 9.97 Å². The minimum Gasteiger partial charge on any atom is -0.486 e. The van der Waals surface area contributed by atoms with E-state index in [9.17, 15) is 4.79 Å². The first-order valence-electron chi connectivity index (χ1n) is 8.95. The highest BCUT2D eigenvalue weighted by atomic mass is 35.5. The number of nitrogens with zero attached hydrogens (tertiary/aromatic N) is 3. The third-order valence-corrected chi connectivity index (χ3v) is 5.49. The summed E-state index contributed by atoms with van der Waals surface area (Å²) in [7, 11) is 0. The number of fused-ring (bicyclic) bond motifs is 1. The molecule has 2 aromatic rings. The number of ketones is 1. The van der Waals surface area contributed by atoms with Gasteiger partial charge in [-0.25, -0.2) is 9.97 Å². The third-order valence-electron chi connectivity index (χ3n) is 5.27. The molecule has 3 heterocycles. The Bertz CT molecular complexity index is 869. The molecular formula is C20H22ClN3O2. The van der Waals surface area contributed by atoms with Gasteiger partial charge in [0, 0.05) is 42.3 Å². The summed E-state index contributed by atoms with van der Waals surface area (Å²) in [4.78, 5) is 24.0. The number of aromatic nitrogens is 2. The lowest BCUT2D eigenvalue weighted by atomic mass is 9.82. The minimum atomic E-state index is -0.432. The van der Waals surface area contributed by atoms with Gasteiger partial charge in [0.1, 0.15) is 11.4 Å². The average molecular weight is 372 g/mol. The van der Waals surface area contributed by atoms with Crippen LogP contribution in [-0.4, -0.2) is 34.4 Å². The molecule has 0 bridgehead atoms. The van der Waals surface area contributed by atoms with Crippen LogP contribution in [0, 0.1) is 20.8 Å². The zero-order valence-electron chi connectivity index (χ0n) is 15.3. The number of hydrogen-bond acceptors (Lipinski definition) is 5. The van der Waals surface area contributed by atoms with Crippen LogP contribution < -0.4 is 9.64 Å². The molecule has 0 saturated carbocycles. The van der Waals surface area contributed by atoms with Crippen molar-refractivity contribution in [2.75, 3.05) is 18.0 Å². The van der Waals surface area contributed by atoms with E-state index >= 15 is 0 Å². The number of carbonyl (C=O) groups excluding carboxylic acids is 1. The van der Waals surface area contributed by atoms with Gasteiger partial charge in [-0.3, -0.25) is 4.79 Å². The lowest BCUT2D eigenvalue weighted by Crippen LogP contribution is -2.51. The van der Waals surface area contributed by atoms with Crippen LogP contribution in [0.3, 0.4) is 0 Å². The largest absolute Gasteiger partial charge is 0.486 e. The Hall–Kier alpha value is -2.14. The number of aryl methyl sites for hydroxylation is 3. The van der Waals surface area contributed by atoms with Gasteiger partial charge in [-0.2, -0.15) is 0 Å². The number of Topliss-reactive ketones (excluding diaryl/α,β-unsaturated/α-hetero) is 1. The van der Waals surface area contributed by atoms with Crippen LogP contribution in [0.2, 0.25) is 5.02 Å². The Kier molecular flexibility index (Phi) is 4.14. The molecule has 5 nitrogen and oxygen atoms in total. The molecule has 26 heavy (non-hydrogen) atoms. The molecule has 1 spiro atoms. The highest BCUT2D eigenvalue weighted by Crippen LogP contribution is 2.42. The summed E-state index contributed by atoms with van der Waals surface area (Å²) < 4.78 is 6.40. The molecule has 0 N–H and O–H groups in total. The van der Waals surface area contributed by atoms with Crippen LogP contribution in [0.15, 0.2) is 18.2 Å². The molecule has 136 valence electrons. The van der Waals surface area contributed by atoms with E-state index in [1.165, 1.54) is 0 Å². The quantitative estimate of drug-likeness (QED) is 0.756. The standard InChI is InChI=1S/C20H22ClN3O2/c1-12-8-15(21)10-16-17(25)11-20(26-18(12)16)4-6-24(7-5-20)19-22-13(2)9-14(3)23-19/h8-10H,4-7,11H2,1-3H3. The van der Waals surface area contributed by atoms with Gasteiger partial charge in [-0.15, -0.1) is 0 Å². The van der Waals surface area contributed by atoms with Gasteiger partial charge in [0.2, 0.25) is 5.95 Å². The molecule has 1 fully saturated rings. The zero-order chi connectivity index (χ0) is 18.5. The van der Waals surface area contributed by atoms with Crippen LogP contribution in [0.1, 0.15) is 46.6 Å². The van der Waals surface area contributed by atoms with Gasteiger partial charge < -0.3 is 9.64 Å². The summed E-state index contributed by atoms with van der Waals surface area (Å²) in [6, 6.07) is 5.55. The van der Waals surface area contributed by atoms with Gasteiger partial charge in [0.05, 0.1) is 12.0 Å². The number of halogens is 1. The normalized spacial score (nSPS) is 18.6. The smallest absolute Gasteiger partial charge is 0.225 e. The van der Waals surface area contributed by atoms with Crippen molar-refractivity contribution in [3.05, 3.63) is 45.7 Å². The second-order valence-corrected chi connectivity index (χ2v) is 7.86. The van der Waals surface area contributed by atoms with Gasteiger partial charge in [0.25, 0.3) is 0 Å². The summed E-state index contributed by atoms with van der Waals surface area (Å²) in [5.41, 5.74) is 3.04. The van der Waals surface area contributed by atoms with E-state index in [-0.39, 0.29) is 5.78 Å². The molecule has 2 aliphatic heterocycles. The van der Waals surface area contributed by atoms with Gasteiger partial charge in [-0.1, -0.05) is 11.6 Å². The van der Waals surface area contributed by atoms with E-state index in [4.69, 9.17) is 16.3 Å². The second kappa shape index (κ2) is 6.23.